The second-order valence-electron chi connectivity index (χ2n) is 5.77. The minimum atomic E-state index is -4.23. The van der Waals surface area contributed by atoms with Crippen molar-refractivity contribution in [3.63, 3.8) is 0 Å². The van der Waals surface area contributed by atoms with Crippen molar-refractivity contribution >= 4 is 0 Å². The molecule has 0 aliphatic carbocycles. The first-order valence-electron chi connectivity index (χ1n) is 7.76. The molecule has 0 unspecified atom stereocenters. The van der Waals surface area contributed by atoms with E-state index in [4.69, 9.17) is 5.26 Å². The summed E-state index contributed by atoms with van der Waals surface area (Å²) in [7, 11) is 0. The quantitative estimate of drug-likeness (QED) is 0.596. The Morgan fingerprint density at radius 1 is 0.964 bits per heavy atom. The van der Waals surface area contributed by atoms with Gasteiger partial charge in [-0.3, -0.25) is 0 Å². The third-order valence-corrected chi connectivity index (χ3v) is 3.70. The first-order chi connectivity index (χ1) is 13.2. The number of hydrogen-bond donors (Lipinski definition) is 0. The van der Waals surface area contributed by atoms with Gasteiger partial charge in [0.15, 0.2) is 5.82 Å². The lowest BCUT2D eigenvalue weighted by atomic mass is 10.1. The number of alkyl halides is 2. The minimum absolute atomic E-state index is 0.136. The van der Waals surface area contributed by atoms with E-state index in [2.05, 4.69) is 14.7 Å². The van der Waals surface area contributed by atoms with Gasteiger partial charge in [-0.2, -0.15) is 14.0 Å². The highest BCUT2D eigenvalue weighted by molar-refractivity contribution is 5.55. The molecule has 0 aliphatic heterocycles. The first kappa shape index (κ1) is 19.2. The number of ether oxygens (including phenoxy) is 1. The summed E-state index contributed by atoms with van der Waals surface area (Å²) in [6.45, 7) is 1.75. The predicted octanol–water partition coefficient (Wildman–Crippen LogP) is 4.87. The minimum Gasteiger partial charge on any atom is -0.429 e. The van der Waals surface area contributed by atoms with Gasteiger partial charge in [-0.25, -0.2) is 23.1 Å². The lowest BCUT2D eigenvalue weighted by molar-refractivity contribution is -0.187. The van der Waals surface area contributed by atoms with Gasteiger partial charge in [0.05, 0.1) is 5.56 Å². The van der Waals surface area contributed by atoms with Crippen LogP contribution in [0, 0.1) is 35.7 Å². The smallest absolute Gasteiger partial charge is 0.429 e. The molecule has 1 heterocycles. The highest BCUT2D eigenvalue weighted by Crippen LogP contribution is 2.35. The summed E-state index contributed by atoms with van der Waals surface area (Å²) in [6, 6.07) is 4.83. The van der Waals surface area contributed by atoms with Crippen molar-refractivity contribution in [1.29, 1.82) is 5.26 Å². The Labute approximate surface area is 155 Å². The first-order valence-corrected chi connectivity index (χ1v) is 7.76. The van der Waals surface area contributed by atoms with Crippen LogP contribution in [0.15, 0.2) is 42.7 Å². The fourth-order valence-electron chi connectivity index (χ4n) is 2.35. The van der Waals surface area contributed by atoms with Crippen LogP contribution in [0.3, 0.4) is 0 Å². The monoisotopic (exact) mass is 391 g/mol. The van der Waals surface area contributed by atoms with Crippen LogP contribution in [0.5, 0.6) is 5.75 Å². The normalized spacial score (nSPS) is 11.2. The molecule has 0 fully saturated rings. The van der Waals surface area contributed by atoms with Crippen molar-refractivity contribution in [1.82, 2.24) is 9.97 Å². The highest BCUT2D eigenvalue weighted by atomic mass is 19.3. The number of halogens is 5. The third kappa shape index (κ3) is 3.76. The van der Waals surface area contributed by atoms with Gasteiger partial charge in [-0.15, -0.1) is 0 Å². The van der Waals surface area contributed by atoms with Gasteiger partial charge in [0.25, 0.3) is 0 Å². The van der Waals surface area contributed by atoms with E-state index in [-0.39, 0.29) is 11.4 Å². The molecular weight excluding hydrogens is 381 g/mol. The van der Waals surface area contributed by atoms with Crippen LogP contribution in [0.1, 0.15) is 16.7 Å². The van der Waals surface area contributed by atoms with Crippen LogP contribution in [0.4, 0.5) is 22.0 Å². The number of aromatic nitrogens is 2. The Kier molecular flexibility index (Phi) is 4.96. The summed E-state index contributed by atoms with van der Waals surface area (Å²) < 4.78 is 74.4. The molecule has 142 valence electrons. The van der Waals surface area contributed by atoms with Crippen molar-refractivity contribution in [3.8, 4) is 23.2 Å². The average molecular weight is 391 g/mol. The molecule has 0 spiro atoms. The Balaban J connectivity index is 1.92. The molecule has 4 nitrogen and oxygen atoms in total. The van der Waals surface area contributed by atoms with Crippen LogP contribution < -0.4 is 4.74 Å². The molecular formula is C19H10F5N3O. The van der Waals surface area contributed by atoms with Crippen molar-refractivity contribution in [2.24, 2.45) is 0 Å². The zero-order chi connectivity index (χ0) is 20.5. The van der Waals surface area contributed by atoms with E-state index in [0.717, 1.165) is 17.7 Å². The number of aryl methyl sites for hydroxylation is 1. The molecule has 2 aromatic carbocycles. The zero-order valence-electron chi connectivity index (χ0n) is 14.2. The number of nitrogens with zero attached hydrogens (tertiary/aromatic N) is 3. The Morgan fingerprint density at radius 2 is 1.57 bits per heavy atom. The van der Waals surface area contributed by atoms with Crippen molar-refractivity contribution in [2.45, 2.75) is 13.0 Å². The zero-order valence-corrected chi connectivity index (χ0v) is 14.2. The van der Waals surface area contributed by atoms with Gasteiger partial charge in [0.2, 0.25) is 0 Å². The van der Waals surface area contributed by atoms with E-state index >= 15 is 0 Å². The summed E-state index contributed by atoms with van der Waals surface area (Å²) in [5.74, 6) is -4.83. The van der Waals surface area contributed by atoms with E-state index in [1.807, 2.05) is 0 Å². The van der Waals surface area contributed by atoms with Gasteiger partial charge in [0.1, 0.15) is 34.8 Å². The predicted molar refractivity (Wildman–Crippen MR) is 87.8 cm³/mol. The molecule has 0 aliphatic rings. The molecule has 28 heavy (non-hydrogen) atoms. The fraction of sp³-hybridized carbons (Fsp3) is 0.105. The number of hydrogen-bond acceptors (Lipinski definition) is 4. The number of rotatable bonds is 4. The molecule has 0 saturated carbocycles. The van der Waals surface area contributed by atoms with Crippen LogP contribution in [-0.2, 0) is 6.11 Å². The van der Waals surface area contributed by atoms with E-state index in [0.29, 0.717) is 12.1 Å². The Morgan fingerprint density at radius 3 is 2.11 bits per heavy atom. The second kappa shape index (κ2) is 7.23. The van der Waals surface area contributed by atoms with Crippen molar-refractivity contribution in [3.05, 3.63) is 76.9 Å². The summed E-state index contributed by atoms with van der Waals surface area (Å²) >= 11 is 0. The Bertz CT molecular complexity index is 1050. The van der Waals surface area contributed by atoms with Crippen LogP contribution in [0.2, 0.25) is 0 Å². The van der Waals surface area contributed by atoms with Gasteiger partial charge >= 0.3 is 6.11 Å². The molecule has 0 atom stereocenters. The van der Waals surface area contributed by atoms with Crippen molar-refractivity contribution < 1.29 is 26.7 Å². The van der Waals surface area contributed by atoms with Crippen molar-refractivity contribution in [2.75, 3.05) is 0 Å². The van der Waals surface area contributed by atoms with E-state index in [9.17, 15) is 22.0 Å². The maximum atomic E-state index is 14.3. The molecule has 0 radical (unpaired) electrons. The van der Waals surface area contributed by atoms with Crippen LogP contribution in [0.25, 0.3) is 11.4 Å². The summed E-state index contributed by atoms with van der Waals surface area (Å²) in [5.41, 5.74) is -1.16. The molecule has 9 heteroatoms. The largest absolute Gasteiger partial charge is 0.429 e. The average Bonchev–Trinajstić information content (AvgIpc) is 2.61. The molecule has 3 rings (SSSR count). The topological polar surface area (TPSA) is 58.8 Å². The van der Waals surface area contributed by atoms with E-state index < -0.39 is 40.4 Å². The summed E-state index contributed by atoms with van der Waals surface area (Å²) in [4.78, 5) is 7.96. The van der Waals surface area contributed by atoms with E-state index in [1.165, 1.54) is 24.5 Å². The molecule has 0 saturated heterocycles. The molecule has 0 N–H and O–H groups in total. The number of nitriles is 1. The SMILES string of the molecule is Cc1cnc(-c2ccc(C(F)(F)Oc3cc(F)c(C#N)c(F)c3)c(F)c2)nc1. The maximum Gasteiger partial charge on any atom is 0.429 e. The van der Waals surface area contributed by atoms with Gasteiger partial charge in [-0.05, 0) is 24.6 Å². The van der Waals surface area contributed by atoms with Crippen LogP contribution >= 0.6 is 0 Å². The van der Waals surface area contributed by atoms with Gasteiger partial charge in [0, 0.05) is 30.1 Å². The lowest BCUT2D eigenvalue weighted by Crippen LogP contribution is -2.23. The molecule has 0 bridgehead atoms. The maximum absolute atomic E-state index is 14.3. The van der Waals surface area contributed by atoms with E-state index in [1.54, 1.807) is 6.92 Å². The summed E-state index contributed by atoms with van der Waals surface area (Å²) in [5, 5.41) is 8.59. The fourth-order valence-corrected chi connectivity index (χ4v) is 2.35. The highest BCUT2D eigenvalue weighted by Gasteiger charge is 2.38. The number of benzene rings is 2. The standard InChI is InChI=1S/C19H10F5N3O/c1-10-8-26-18(27-9-10)11-2-3-14(17(22)4-11)19(23,24)28-12-5-15(20)13(7-25)16(21)6-12/h2-6,8-9H,1H3. The lowest BCUT2D eigenvalue weighted by Gasteiger charge is -2.19. The third-order valence-electron chi connectivity index (χ3n) is 3.70. The second-order valence-corrected chi connectivity index (χ2v) is 5.77. The van der Waals surface area contributed by atoms with Gasteiger partial charge in [-0.1, -0.05) is 6.07 Å². The molecule has 1 aromatic heterocycles. The van der Waals surface area contributed by atoms with Gasteiger partial charge < -0.3 is 4.74 Å². The summed E-state index contributed by atoms with van der Waals surface area (Å²) in [6.07, 6.45) is -1.26. The molecule has 3 aromatic rings. The Hall–Kier alpha value is -3.54. The molecule has 0 amide bonds. The van der Waals surface area contributed by atoms with Crippen LogP contribution in [-0.4, -0.2) is 9.97 Å².